The first-order valence-corrected chi connectivity index (χ1v) is 9.87. The van der Waals surface area contributed by atoms with Crippen molar-refractivity contribution < 1.29 is 22.8 Å². The molecule has 0 aromatic heterocycles. The van der Waals surface area contributed by atoms with Crippen molar-refractivity contribution in [2.24, 2.45) is 0 Å². The summed E-state index contributed by atoms with van der Waals surface area (Å²) in [7, 11) is -1.39. The summed E-state index contributed by atoms with van der Waals surface area (Å²) in [5.41, 5.74) is 1.18. The van der Waals surface area contributed by atoms with Gasteiger partial charge >= 0.3 is 0 Å². The number of halogens is 1. The van der Waals surface area contributed by atoms with Crippen molar-refractivity contribution in [1.82, 2.24) is 9.79 Å². The molecule has 0 saturated carbocycles. The zero-order valence-electron chi connectivity index (χ0n) is 15.2. The fourth-order valence-electron chi connectivity index (χ4n) is 2.15. The van der Waals surface area contributed by atoms with Crippen molar-refractivity contribution in [3.63, 3.8) is 0 Å². The molecule has 0 atom stereocenters. The van der Waals surface area contributed by atoms with Crippen molar-refractivity contribution in [1.29, 1.82) is 0 Å². The third-order valence-electron chi connectivity index (χ3n) is 3.75. The highest BCUT2D eigenvalue weighted by atomic mass is 35.5. The van der Waals surface area contributed by atoms with Crippen molar-refractivity contribution in [3.8, 4) is 5.75 Å². The number of nitrogens with zero attached hydrogens (tertiary/aromatic N) is 1. The molecule has 9 heteroatoms. The Morgan fingerprint density at radius 2 is 1.85 bits per heavy atom. The Bertz CT molecular complexity index is 900. The van der Waals surface area contributed by atoms with Gasteiger partial charge in [0.15, 0.2) is 0 Å². The number of ether oxygens (including phenoxy) is 1. The molecule has 2 rings (SSSR count). The second kappa shape index (κ2) is 9.18. The second-order valence-corrected chi connectivity index (χ2v) is 8.00. The van der Waals surface area contributed by atoms with Gasteiger partial charge in [0.1, 0.15) is 12.4 Å². The highest BCUT2D eigenvalue weighted by Crippen LogP contribution is 2.22. The Labute approximate surface area is 163 Å². The normalized spacial score (nSPS) is 11.4. The molecule has 0 spiro atoms. The number of amides is 1. The second-order valence-electron chi connectivity index (χ2n) is 5.66. The van der Waals surface area contributed by atoms with Crippen LogP contribution in [0.15, 0.2) is 47.4 Å². The van der Waals surface area contributed by atoms with Crippen LogP contribution < -0.4 is 10.1 Å². The smallest absolute Gasteiger partial charge is 0.264 e. The van der Waals surface area contributed by atoms with Gasteiger partial charge in [0.05, 0.1) is 29.1 Å². The Balaban J connectivity index is 2.01. The molecular weight excluding hydrogens is 392 g/mol. The zero-order valence-corrected chi connectivity index (χ0v) is 16.8. The molecular formula is C18H21ClN2O5S. The van der Waals surface area contributed by atoms with Gasteiger partial charge in [0.2, 0.25) is 0 Å². The van der Waals surface area contributed by atoms with E-state index < -0.39 is 15.9 Å². The van der Waals surface area contributed by atoms with Gasteiger partial charge in [-0.15, -0.1) is 0 Å². The van der Waals surface area contributed by atoms with E-state index in [9.17, 15) is 13.2 Å². The molecule has 0 bridgehead atoms. The summed E-state index contributed by atoms with van der Waals surface area (Å²) in [5.74, 6) is 0.202. The molecule has 0 saturated heterocycles. The number of hydroxylamine groups is 1. The van der Waals surface area contributed by atoms with Gasteiger partial charge in [-0.1, -0.05) is 33.8 Å². The van der Waals surface area contributed by atoms with E-state index in [4.69, 9.17) is 21.2 Å². The lowest BCUT2D eigenvalue weighted by atomic mass is 10.2. The van der Waals surface area contributed by atoms with E-state index in [0.717, 1.165) is 5.56 Å². The van der Waals surface area contributed by atoms with Gasteiger partial charge in [-0.05, 0) is 37.3 Å². The van der Waals surface area contributed by atoms with Crippen LogP contribution in [0.4, 0.5) is 0 Å². The minimum Gasteiger partial charge on any atom is -0.492 e. The summed E-state index contributed by atoms with van der Waals surface area (Å²) in [6, 6.07) is 11.4. The van der Waals surface area contributed by atoms with Gasteiger partial charge in [-0.3, -0.25) is 9.63 Å². The first-order chi connectivity index (χ1) is 12.8. The van der Waals surface area contributed by atoms with E-state index in [0.29, 0.717) is 10.2 Å². The fourth-order valence-corrected chi connectivity index (χ4v) is 3.35. The quantitative estimate of drug-likeness (QED) is 0.532. The number of benzene rings is 2. The molecule has 0 aliphatic rings. The lowest BCUT2D eigenvalue weighted by molar-refractivity contribution is -0.0258. The van der Waals surface area contributed by atoms with Crippen LogP contribution in [0.2, 0.25) is 5.02 Å². The van der Waals surface area contributed by atoms with Gasteiger partial charge in [-0.2, -0.15) is 0 Å². The molecule has 2 aromatic rings. The first kappa shape index (κ1) is 21.2. The Kier molecular flexibility index (Phi) is 7.20. The number of aryl methyl sites for hydroxylation is 1. The van der Waals surface area contributed by atoms with Gasteiger partial charge in [-0.25, -0.2) is 8.42 Å². The average molecular weight is 413 g/mol. The van der Waals surface area contributed by atoms with Gasteiger partial charge in [0, 0.05) is 7.05 Å². The van der Waals surface area contributed by atoms with E-state index in [1.807, 2.05) is 31.2 Å². The number of hydrogen-bond acceptors (Lipinski definition) is 5. The van der Waals surface area contributed by atoms with Crippen molar-refractivity contribution in [3.05, 3.63) is 58.6 Å². The van der Waals surface area contributed by atoms with E-state index in [2.05, 4.69) is 5.32 Å². The van der Waals surface area contributed by atoms with Crippen molar-refractivity contribution in [2.45, 2.75) is 11.8 Å². The monoisotopic (exact) mass is 412 g/mol. The third kappa shape index (κ3) is 5.43. The number of rotatable bonds is 8. The van der Waals surface area contributed by atoms with Crippen LogP contribution in [-0.4, -0.2) is 46.1 Å². The fraction of sp³-hybridized carbons (Fsp3) is 0.278. The molecule has 0 heterocycles. The molecule has 0 aliphatic heterocycles. The SMILES string of the molecule is CON(C)S(=O)(=O)c1ccc(Cl)c(C(=O)NCCOc2ccc(C)cc2)c1. The predicted molar refractivity (Wildman–Crippen MR) is 102 cm³/mol. The average Bonchev–Trinajstić information content (AvgIpc) is 2.65. The van der Waals surface area contributed by atoms with E-state index in [1.165, 1.54) is 32.4 Å². The molecule has 1 N–H and O–H groups in total. The van der Waals surface area contributed by atoms with Crippen LogP contribution >= 0.6 is 11.6 Å². The molecule has 0 radical (unpaired) electrons. The lowest BCUT2D eigenvalue weighted by Crippen LogP contribution is -2.29. The summed E-state index contributed by atoms with van der Waals surface area (Å²) in [5, 5.41) is 2.80. The van der Waals surface area contributed by atoms with E-state index in [1.54, 1.807) is 0 Å². The van der Waals surface area contributed by atoms with Crippen LogP contribution in [0.5, 0.6) is 5.75 Å². The Morgan fingerprint density at radius 1 is 1.19 bits per heavy atom. The van der Waals surface area contributed by atoms with Crippen molar-refractivity contribution >= 4 is 27.5 Å². The van der Waals surface area contributed by atoms with E-state index >= 15 is 0 Å². The van der Waals surface area contributed by atoms with Crippen LogP contribution in [0.3, 0.4) is 0 Å². The van der Waals surface area contributed by atoms with Gasteiger partial charge < -0.3 is 10.1 Å². The molecule has 2 aromatic carbocycles. The standard InChI is InChI=1S/C18H21ClN2O5S/c1-13-4-6-14(7-5-13)26-11-10-20-18(22)16-12-15(8-9-17(16)19)27(23,24)21(2)25-3/h4-9,12H,10-11H2,1-3H3,(H,20,22). The number of hydrogen-bond donors (Lipinski definition) is 1. The first-order valence-electron chi connectivity index (χ1n) is 8.06. The maximum atomic E-state index is 12.3. The van der Waals surface area contributed by atoms with Crippen molar-refractivity contribution in [2.75, 3.05) is 27.3 Å². The lowest BCUT2D eigenvalue weighted by Gasteiger charge is -2.15. The summed E-state index contributed by atoms with van der Waals surface area (Å²) >= 11 is 6.05. The van der Waals surface area contributed by atoms with Crippen LogP contribution in [0, 0.1) is 6.92 Å². The summed E-state index contributed by atoms with van der Waals surface area (Å²) in [4.78, 5) is 17.0. The number of nitrogens with one attached hydrogen (secondary N) is 1. The van der Waals surface area contributed by atoms with Crippen LogP contribution in [0.25, 0.3) is 0 Å². The molecule has 0 aliphatic carbocycles. The number of carbonyl (C=O) groups excluding carboxylic acids is 1. The number of carbonyl (C=O) groups is 1. The van der Waals surface area contributed by atoms with Crippen LogP contribution in [0.1, 0.15) is 15.9 Å². The minimum absolute atomic E-state index is 0.0533. The molecule has 0 unspecified atom stereocenters. The highest BCUT2D eigenvalue weighted by molar-refractivity contribution is 7.89. The molecule has 146 valence electrons. The minimum atomic E-state index is -3.88. The van der Waals surface area contributed by atoms with Gasteiger partial charge in [0.25, 0.3) is 15.9 Å². The summed E-state index contributed by atoms with van der Waals surface area (Å²) in [6.07, 6.45) is 0. The summed E-state index contributed by atoms with van der Waals surface area (Å²) < 4.78 is 30.8. The largest absolute Gasteiger partial charge is 0.492 e. The highest BCUT2D eigenvalue weighted by Gasteiger charge is 2.23. The maximum Gasteiger partial charge on any atom is 0.264 e. The summed E-state index contributed by atoms with van der Waals surface area (Å²) in [6.45, 7) is 2.47. The maximum absolute atomic E-state index is 12.3. The zero-order chi connectivity index (χ0) is 20.0. The van der Waals surface area contributed by atoms with E-state index in [-0.39, 0.29) is 28.6 Å². The Hall–Kier alpha value is -2.13. The third-order valence-corrected chi connectivity index (χ3v) is 5.76. The molecule has 7 nitrogen and oxygen atoms in total. The Morgan fingerprint density at radius 3 is 2.48 bits per heavy atom. The molecule has 1 amide bonds. The topological polar surface area (TPSA) is 84.9 Å². The molecule has 0 fully saturated rings. The number of sulfonamides is 1. The van der Waals surface area contributed by atoms with Crippen LogP contribution in [-0.2, 0) is 14.9 Å². The molecule has 27 heavy (non-hydrogen) atoms. The predicted octanol–water partition coefficient (Wildman–Crippen LogP) is 2.64.